The van der Waals surface area contributed by atoms with Crippen LogP contribution >= 0.6 is 15.6 Å². The number of aliphatic hydroxyl groups is 1. The minimum absolute atomic E-state index is 0.108. The lowest BCUT2D eigenvalue weighted by atomic mass is 10.0. The van der Waals surface area contributed by atoms with Gasteiger partial charge < -0.3 is 33.8 Å². The van der Waals surface area contributed by atoms with Gasteiger partial charge in [-0.05, 0) is 31.6 Å². The number of hydrogen-bond acceptors (Lipinski definition) is 15. The van der Waals surface area contributed by atoms with Gasteiger partial charge in [0, 0.05) is 25.7 Å². The average Bonchev–Trinajstić information content (AvgIpc) is 1.02. The van der Waals surface area contributed by atoms with Crippen molar-refractivity contribution in [1.29, 1.82) is 0 Å². The lowest BCUT2D eigenvalue weighted by Gasteiger charge is -2.21. The smallest absolute Gasteiger partial charge is 0.462 e. The lowest BCUT2D eigenvalue weighted by Crippen LogP contribution is -2.30. The number of esters is 4. The van der Waals surface area contributed by atoms with Crippen LogP contribution in [0.1, 0.15) is 420 Å². The van der Waals surface area contributed by atoms with E-state index in [1.54, 1.807) is 0 Å². The molecule has 17 nitrogen and oxygen atoms in total. The first-order valence-corrected chi connectivity index (χ1v) is 44.1. The van der Waals surface area contributed by atoms with Crippen molar-refractivity contribution in [2.75, 3.05) is 39.6 Å². The number of carbonyl (C=O) groups is 4. The molecule has 0 aromatic rings. The topological polar surface area (TPSA) is 237 Å². The van der Waals surface area contributed by atoms with E-state index >= 15 is 0 Å². The van der Waals surface area contributed by atoms with Gasteiger partial charge in [-0.3, -0.25) is 37.3 Å². The van der Waals surface area contributed by atoms with Crippen molar-refractivity contribution in [2.45, 2.75) is 438 Å². The first-order valence-electron chi connectivity index (χ1n) is 41.1. The van der Waals surface area contributed by atoms with E-state index in [-0.39, 0.29) is 25.7 Å². The summed E-state index contributed by atoms with van der Waals surface area (Å²) in [4.78, 5) is 72.8. The van der Waals surface area contributed by atoms with Crippen LogP contribution in [0.15, 0.2) is 0 Å². The molecule has 0 saturated heterocycles. The fourth-order valence-electron chi connectivity index (χ4n) is 12.2. The van der Waals surface area contributed by atoms with Gasteiger partial charge >= 0.3 is 39.5 Å². The predicted octanol–water partition coefficient (Wildman–Crippen LogP) is 23.6. The molecule has 0 fully saturated rings. The number of phosphoric ester groups is 2. The van der Waals surface area contributed by atoms with Gasteiger partial charge in [-0.2, -0.15) is 0 Å². The Morgan fingerprint density at radius 3 is 0.694 bits per heavy atom. The first-order chi connectivity index (χ1) is 47.5. The molecule has 0 heterocycles. The molecular formula is C79H154O17P2. The minimum Gasteiger partial charge on any atom is -0.462 e. The summed E-state index contributed by atoms with van der Waals surface area (Å²) in [6.45, 7) is 7.30. The van der Waals surface area contributed by atoms with Crippen LogP contribution in [-0.4, -0.2) is 96.7 Å². The zero-order valence-electron chi connectivity index (χ0n) is 63.9. The molecule has 0 aromatic carbocycles. The fraction of sp³-hybridized carbons (Fsp3) is 0.949. The SMILES string of the molecule is CCCCCCCCCCCCCCCCCCCCCCC(=O)O[C@H](COC(=O)CCCCCCCCCCCCCCCCC(C)C)COP(=O)(O)OC[C@@H](O)COP(=O)(O)OC[C@@H](COC(=O)CCCCCCCCC)OC(=O)CCCCCCCCCCCCCCCC. The molecule has 0 saturated carbocycles. The molecule has 0 bridgehead atoms. The summed E-state index contributed by atoms with van der Waals surface area (Å²) >= 11 is 0. The van der Waals surface area contributed by atoms with Gasteiger partial charge in [0.2, 0.25) is 0 Å². The Kier molecular flexibility index (Phi) is 70.6. The first kappa shape index (κ1) is 96.1. The Bertz CT molecular complexity index is 1870. The van der Waals surface area contributed by atoms with Crippen LogP contribution in [0.25, 0.3) is 0 Å². The number of carbonyl (C=O) groups excluding carboxylic acids is 4. The molecule has 0 rings (SSSR count). The number of unbranched alkanes of at least 4 members (excludes halogenated alkanes) is 51. The second-order valence-electron chi connectivity index (χ2n) is 28.9. The van der Waals surface area contributed by atoms with Gasteiger partial charge in [0.15, 0.2) is 12.2 Å². The van der Waals surface area contributed by atoms with E-state index in [1.165, 1.54) is 231 Å². The molecule has 3 N–H and O–H groups in total. The van der Waals surface area contributed by atoms with Gasteiger partial charge in [0.1, 0.15) is 19.3 Å². The highest BCUT2D eigenvalue weighted by atomic mass is 31.2. The largest absolute Gasteiger partial charge is 0.472 e. The van der Waals surface area contributed by atoms with Crippen molar-refractivity contribution in [2.24, 2.45) is 5.92 Å². The fourth-order valence-corrected chi connectivity index (χ4v) is 13.8. The number of aliphatic hydroxyl groups excluding tert-OH is 1. The van der Waals surface area contributed by atoms with E-state index in [0.29, 0.717) is 25.7 Å². The third-order valence-electron chi connectivity index (χ3n) is 18.5. The van der Waals surface area contributed by atoms with Gasteiger partial charge in [0.05, 0.1) is 26.4 Å². The Morgan fingerprint density at radius 2 is 0.469 bits per heavy atom. The van der Waals surface area contributed by atoms with Crippen LogP contribution in [0.5, 0.6) is 0 Å². The van der Waals surface area contributed by atoms with E-state index in [0.717, 1.165) is 109 Å². The summed E-state index contributed by atoms with van der Waals surface area (Å²) in [5, 5.41) is 10.6. The predicted molar refractivity (Wildman–Crippen MR) is 400 cm³/mol. The lowest BCUT2D eigenvalue weighted by molar-refractivity contribution is -0.161. The number of hydrogen-bond donors (Lipinski definition) is 3. The molecule has 0 aliphatic heterocycles. The summed E-state index contributed by atoms with van der Waals surface area (Å²) in [5.41, 5.74) is 0. The average molecular weight is 1440 g/mol. The van der Waals surface area contributed by atoms with E-state index in [1.807, 2.05) is 0 Å². The quantitative estimate of drug-likeness (QED) is 0.0222. The second-order valence-corrected chi connectivity index (χ2v) is 31.8. The minimum atomic E-state index is -4.96. The van der Waals surface area contributed by atoms with Crippen LogP contribution < -0.4 is 0 Å². The van der Waals surface area contributed by atoms with Gasteiger partial charge in [-0.15, -0.1) is 0 Å². The van der Waals surface area contributed by atoms with Crippen LogP contribution in [0.4, 0.5) is 0 Å². The second kappa shape index (κ2) is 72.0. The maximum atomic E-state index is 13.1. The highest BCUT2D eigenvalue weighted by molar-refractivity contribution is 7.47. The zero-order chi connectivity index (χ0) is 71.9. The normalized spacial score (nSPS) is 13.9. The van der Waals surface area contributed by atoms with Crippen LogP contribution in [0.3, 0.4) is 0 Å². The standard InChI is InChI=1S/C79H154O17P2/c1-6-9-12-15-18-20-22-24-26-27-28-29-30-31-37-41-45-50-55-60-65-79(84)96-75(69-90-77(82)63-58-53-48-43-39-36-33-32-34-38-42-47-51-56-61-72(4)5)71-94-98(87,88)92-67-73(80)66-91-97(85,86)93-70-74(68-89-76(81)62-57-52-46-17-14-11-8-3)95-78(83)64-59-54-49-44-40-35-25-23-21-19-16-13-10-7-2/h72-75,80H,6-71H2,1-5H3,(H,85,86)(H,87,88)/t73-,74+,75+/m0/s1. The van der Waals surface area contributed by atoms with Crippen molar-refractivity contribution < 1.29 is 80.2 Å². The zero-order valence-corrected chi connectivity index (χ0v) is 65.7. The number of rotatable bonds is 79. The third-order valence-corrected chi connectivity index (χ3v) is 20.4. The van der Waals surface area contributed by atoms with Crippen LogP contribution in [0, 0.1) is 5.92 Å². The highest BCUT2D eigenvalue weighted by Crippen LogP contribution is 2.45. The molecule has 19 heteroatoms. The van der Waals surface area contributed by atoms with E-state index < -0.39 is 97.5 Å². The van der Waals surface area contributed by atoms with Crippen LogP contribution in [-0.2, 0) is 65.4 Å². The Labute approximate surface area is 600 Å². The molecule has 0 radical (unpaired) electrons. The maximum absolute atomic E-state index is 13.1. The molecule has 0 spiro atoms. The van der Waals surface area contributed by atoms with Crippen molar-refractivity contribution in [3.05, 3.63) is 0 Å². The Hall–Kier alpha value is -1.94. The van der Waals surface area contributed by atoms with Crippen LogP contribution in [0.2, 0.25) is 0 Å². The molecule has 98 heavy (non-hydrogen) atoms. The molecule has 2 unspecified atom stereocenters. The van der Waals surface area contributed by atoms with E-state index in [4.69, 9.17) is 37.0 Å². The Balaban J connectivity index is 5.18. The van der Waals surface area contributed by atoms with Gasteiger partial charge in [-0.1, -0.05) is 369 Å². The number of phosphoric acid groups is 2. The van der Waals surface area contributed by atoms with Crippen molar-refractivity contribution in [3.63, 3.8) is 0 Å². The molecule has 0 aliphatic carbocycles. The van der Waals surface area contributed by atoms with Crippen molar-refractivity contribution >= 4 is 39.5 Å². The molecule has 5 atom stereocenters. The van der Waals surface area contributed by atoms with Crippen molar-refractivity contribution in [1.82, 2.24) is 0 Å². The molecule has 0 amide bonds. The van der Waals surface area contributed by atoms with Gasteiger partial charge in [-0.25, -0.2) is 9.13 Å². The van der Waals surface area contributed by atoms with Gasteiger partial charge in [0.25, 0.3) is 0 Å². The number of ether oxygens (including phenoxy) is 4. The summed E-state index contributed by atoms with van der Waals surface area (Å²) in [6.07, 6.45) is 62.6. The molecular weight excluding hydrogens is 1280 g/mol. The maximum Gasteiger partial charge on any atom is 0.472 e. The summed E-state index contributed by atoms with van der Waals surface area (Å²) in [5.74, 6) is -1.31. The Morgan fingerprint density at radius 1 is 0.276 bits per heavy atom. The monoisotopic (exact) mass is 1440 g/mol. The van der Waals surface area contributed by atoms with E-state index in [2.05, 4.69) is 34.6 Å². The highest BCUT2D eigenvalue weighted by Gasteiger charge is 2.30. The third kappa shape index (κ3) is 72.4. The van der Waals surface area contributed by atoms with E-state index in [9.17, 15) is 43.2 Å². The summed E-state index contributed by atoms with van der Waals surface area (Å²) in [7, 11) is -9.91. The molecule has 0 aromatic heterocycles. The summed E-state index contributed by atoms with van der Waals surface area (Å²) in [6, 6.07) is 0. The molecule has 0 aliphatic rings. The van der Waals surface area contributed by atoms with Crippen molar-refractivity contribution in [3.8, 4) is 0 Å². The summed E-state index contributed by atoms with van der Waals surface area (Å²) < 4.78 is 68.5. The molecule has 582 valence electrons.